The van der Waals surface area contributed by atoms with Crippen LogP contribution in [0.15, 0.2) is 91.0 Å². The molecule has 5 aromatic rings. The Balaban J connectivity index is 1.21. The van der Waals surface area contributed by atoms with E-state index in [0.717, 1.165) is 62.3 Å². The molecule has 1 N–H and O–H groups in total. The van der Waals surface area contributed by atoms with E-state index < -0.39 is 5.82 Å². The topological polar surface area (TPSA) is 36.3 Å². The molecule has 1 unspecified atom stereocenters. The monoisotopic (exact) mass is 562 g/mol. The smallest absolute Gasteiger partial charge is 0.187 e. The number of nitrogens with one attached hydrogen (secondary N) is 1. The fraction of sp³-hybridized carbons (Fsp3) is 0.257. The van der Waals surface area contributed by atoms with Crippen LogP contribution in [0.5, 0.6) is 0 Å². The molecule has 6 rings (SSSR count). The second-order valence-electron chi connectivity index (χ2n) is 11.0. The Bertz CT molecular complexity index is 1630. The maximum atomic E-state index is 14.0. The highest BCUT2D eigenvalue weighted by Crippen LogP contribution is 2.38. The molecule has 6 heteroatoms. The predicted molar refractivity (Wildman–Crippen MR) is 165 cm³/mol. The third kappa shape index (κ3) is 6.35. The number of likely N-dealkylation sites (tertiary alicyclic amines) is 1. The summed E-state index contributed by atoms with van der Waals surface area (Å²) in [5, 5.41) is 0.0951. The summed E-state index contributed by atoms with van der Waals surface area (Å²) in [7, 11) is 0. The number of aromatic nitrogens is 2. The maximum absolute atomic E-state index is 14.0. The number of piperidine rings is 1. The summed E-state index contributed by atoms with van der Waals surface area (Å²) >= 11 is 6.00. The van der Waals surface area contributed by atoms with E-state index in [9.17, 15) is 4.39 Å². The molecule has 4 aromatic carbocycles. The summed E-state index contributed by atoms with van der Waals surface area (Å²) in [4.78, 5) is 14.2. The minimum Gasteiger partial charge on any atom is -0.342 e. The van der Waals surface area contributed by atoms with E-state index in [0.29, 0.717) is 28.6 Å². The van der Waals surface area contributed by atoms with Gasteiger partial charge < -0.3 is 4.98 Å². The molecule has 0 saturated carbocycles. The number of benzene rings is 4. The van der Waals surface area contributed by atoms with Crippen molar-refractivity contribution in [1.82, 2.24) is 14.9 Å². The van der Waals surface area contributed by atoms with Crippen LogP contribution in [0.4, 0.5) is 10.1 Å². The van der Waals surface area contributed by atoms with Crippen LogP contribution in [0.25, 0.3) is 27.0 Å². The molecule has 0 amide bonds. The molecule has 0 bridgehead atoms. The number of halogens is 2. The zero-order valence-electron chi connectivity index (χ0n) is 22.9. The molecular weight excluding hydrogens is 531 g/mol. The molecule has 206 valence electrons. The van der Waals surface area contributed by atoms with Gasteiger partial charge in [-0.25, -0.2) is 14.2 Å². The molecular formula is C35H32ClFN4. The molecule has 1 aliphatic rings. The van der Waals surface area contributed by atoms with Crippen LogP contribution >= 0.6 is 11.6 Å². The lowest BCUT2D eigenvalue weighted by Crippen LogP contribution is -2.35. The van der Waals surface area contributed by atoms with Gasteiger partial charge in [0, 0.05) is 19.0 Å². The summed E-state index contributed by atoms with van der Waals surface area (Å²) in [6.45, 7) is 10.5. The van der Waals surface area contributed by atoms with Gasteiger partial charge in [-0.05, 0) is 78.6 Å². The van der Waals surface area contributed by atoms with Crippen LogP contribution in [0, 0.1) is 18.3 Å². The number of fused-ring (bicyclic) bond motifs is 1. The Hall–Kier alpha value is -3.98. The van der Waals surface area contributed by atoms with Crippen LogP contribution in [-0.4, -0.2) is 28.0 Å². The first kappa shape index (κ1) is 27.2. The lowest BCUT2D eigenvalue weighted by atomic mass is 9.77. The van der Waals surface area contributed by atoms with Crippen molar-refractivity contribution in [2.24, 2.45) is 5.92 Å². The van der Waals surface area contributed by atoms with Gasteiger partial charge in [-0.2, -0.15) is 0 Å². The third-order valence-corrected chi connectivity index (χ3v) is 8.65. The van der Waals surface area contributed by atoms with E-state index in [4.69, 9.17) is 23.2 Å². The first-order chi connectivity index (χ1) is 20.1. The van der Waals surface area contributed by atoms with Crippen molar-refractivity contribution in [2.45, 2.75) is 38.1 Å². The number of H-pyrrole nitrogens is 1. The second-order valence-corrected chi connectivity index (χ2v) is 11.4. The van der Waals surface area contributed by atoms with Gasteiger partial charge in [0.05, 0.1) is 22.6 Å². The minimum absolute atomic E-state index is 0.0951. The Morgan fingerprint density at radius 3 is 2.49 bits per heavy atom. The summed E-state index contributed by atoms with van der Waals surface area (Å²) in [6.07, 6.45) is 4.02. The van der Waals surface area contributed by atoms with E-state index in [-0.39, 0.29) is 5.02 Å². The zero-order chi connectivity index (χ0) is 28.2. The fourth-order valence-corrected chi connectivity index (χ4v) is 6.33. The molecule has 2 heterocycles. The molecule has 4 nitrogen and oxygen atoms in total. The van der Waals surface area contributed by atoms with E-state index in [1.54, 1.807) is 6.07 Å². The number of hydrogen-bond donors (Lipinski definition) is 1. The normalized spacial score (nSPS) is 15.1. The second kappa shape index (κ2) is 12.3. The zero-order valence-corrected chi connectivity index (χ0v) is 23.6. The van der Waals surface area contributed by atoms with Crippen molar-refractivity contribution in [3.8, 4) is 11.1 Å². The Labute approximate surface area is 245 Å². The first-order valence-electron chi connectivity index (χ1n) is 14.2. The highest BCUT2D eigenvalue weighted by molar-refractivity contribution is 6.31. The van der Waals surface area contributed by atoms with Gasteiger partial charge in [0.2, 0.25) is 0 Å². The van der Waals surface area contributed by atoms with E-state index >= 15 is 0 Å². The summed E-state index contributed by atoms with van der Waals surface area (Å²) < 4.78 is 14.0. The largest absolute Gasteiger partial charge is 0.342 e. The number of aromatic amines is 1. The van der Waals surface area contributed by atoms with Gasteiger partial charge in [-0.1, -0.05) is 84.4 Å². The van der Waals surface area contributed by atoms with Crippen LogP contribution in [0.1, 0.15) is 42.1 Å². The van der Waals surface area contributed by atoms with Crippen molar-refractivity contribution in [3.05, 3.63) is 130 Å². The van der Waals surface area contributed by atoms with Crippen LogP contribution in [0.3, 0.4) is 0 Å². The van der Waals surface area contributed by atoms with Gasteiger partial charge in [-0.15, -0.1) is 0 Å². The first-order valence-corrected chi connectivity index (χ1v) is 14.6. The van der Waals surface area contributed by atoms with Gasteiger partial charge in [0.15, 0.2) is 5.69 Å². The number of rotatable bonds is 8. The van der Waals surface area contributed by atoms with E-state index in [1.807, 2.05) is 18.2 Å². The summed E-state index contributed by atoms with van der Waals surface area (Å²) in [5.74, 6) is 1.37. The maximum Gasteiger partial charge on any atom is 0.187 e. The Morgan fingerprint density at radius 2 is 1.73 bits per heavy atom. The van der Waals surface area contributed by atoms with Crippen molar-refractivity contribution >= 4 is 28.3 Å². The van der Waals surface area contributed by atoms with Gasteiger partial charge >= 0.3 is 0 Å². The van der Waals surface area contributed by atoms with Crippen molar-refractivity contribution in [3.63, 3.8) is 0 Å². The lowest BCUT2D eigenvalue weighted by Gasteiger charge is -2.36. The van der Waals surface area contributed by atoms with Crippen LogP contribution < -0.4 is 0 Å². The number of aryl methyl sites for hydroxylation is 1. The summed E-state index contributed by atoms with van der Waals surface area (Å²) in [5.41, 5.74) is 6.90. The Kier molecular flexibility index (Phi) is 8.14. The minimum atomic E-state index is -0.434. The average Bonchev–Trinajstić information content (AvgIpc) is 3.40. The number of hydrogen-bond acceptors (Lipinski definition) is 2. The van der Waals surface area contributed by atoms with Crippen molar-refractivity contribution in [2.75, 3.05) is 13.1 Å². The van der Waals surface area contributed by atoms with E-state index in [2.05, 4.69) is 75.4 Å². The molecule has 1 atom stereocenters. The number of nitrogens with zero attached hydrogens (tertiary/aromatic N) is 3. The molecule has 1 aliphatic heterocycles. The van der Waals surface area contributed by atoms with E-state index in [1.165, 1.54) is 17.2 Å². The molecule has 0 aliphatic carbocycles. The molecule has 41 heavy (non-hydrogen) atoms. The fourth-order valence-electron chi connectivity index (χ4n) is 6.18. The van der Waals surface area contributed by atoms with Gasteiger partial charge in [0.25, 0.3) is 0 Å². The molecule has 0 spiro atoms. The lowest BCUT2D eigenvalue weighted by molar-refractivity contribution is 0.159. The van der Waals surface area contributed by atoms with Crippen LogP contribution in [0.2, 0.25) is 5.02 Å². The Morgan fingerprint density at radius 1 is 0.951 bits per heavy atom. The molecule has 0 radical (unpaired) electrons. The quantitative estimate of drug-likeness (QED) is 0.191. The summed E-state index contributed by atoms with van der Waals surface area (Å²) in [6, 6.07) is 30.4. The van der Waals surface area contributed by atoms with Crippen LogP contribution in [-0.2, 0) is 13.0 Å². The molecule has 1 aromatic heterocycles. The van der Waals surface area contributed by atoms with Gasteiger partial charge in [-0.3, -0.25) is 4.90 Å². The van der Waals surface area contributed by atoms with Gasteiger partial charge in [0.1, 0.15) is 11.6 Å². The third-order valence-electron chi connectivity index (χ3n) is 8.36. The SMILES string of the molecule is [C-]#[N+]c1cccc(-c2ccc(C(CCc3nc4cc(Cl)c(F)cc4[nH]3)C3CCN(Cc4ccccc4)CC3)cc2)c1. The molecule has 1 saturated heterocycles. The van der Waals surface area contributed by atoms with Crippen molar-refractivity contribution in [1.29, 1.82) is 0 Å². The average molecular weight is 563 g/mol. The molecule has 1 fully saturated rings. The highest BCUT2D eigenvalue weighted by atomic mass is 35.5. The number of imidazole rings is 1. The highest BCUT2D eigenvalue weighted by Gasteiger charge is 2.28. The predicted octanol–water partition coefficient (Wildman–Crippen LogP) is 9.20. The standard InChI is InChI=1S/C35H32ClFN4/c1-38-29-9-5-8-28(20-29)25-10-12-26(13-11-25)30(14-15-35-39-33-21-31(36)32(37)22-34(33)40-35)27-16-18-41(19-17-27)23-24-6-3-2-4-7-24/h2-13,20-22,27,30H,14-19,23H2,(H,39,40). The van der Waals surface area contributed by atoms with Crippen molar-refractivity contribution < 1.29 is 4.39 Å².